The van der Waals surface area contributed by atoms with Crippen molar-refractivity contribution in [3.8, 4) is 0 Å². The number of alkyl halides is 3. The lowest BCUT2D eigenvalue weighted by atomic mass is 10.1. The van der Waals surface area contributed by atoms with Crippen LogP contribution in [-0.2, 0) is 11.0 Å². The van der Waals surface area contributed by atoms with Crippen LogP contribution in [0.1, 0.15) is 11.1 Å². The van der Waals surface area contributed by atoms with Gasteiger partial charge in [0.15, 0.2) is 5.11 Å². The molecule has 18 heavy (non-hydrogen) atoms. The van der Waals surface area contributed by atoms with Crippen molar-refractivity contribution in [3.05, 3.63) is 41.1 Å². The molecule has 1 aliphatic rings. The number of carbonyl (C=O) groups is 1. The summed E-state index contributed by atoms with van der Waals surface area (Å²) < 4.78 is 37.5. The van der Waals surface area contributed by atoms with Gasteiger partial charge in [-0.3, -0.25) is 10.1 Å². The summed E-state index contributed by atoms with van der Waals surface area (Å²) in [4.78, 5) is 11.3. The van der Waals surface area contributed by atoms with Gasteiger partial charge in [0, 0.05) is 0 Å². The minimum Gasteiger partial charge on any atom is -0.328 e. The molecule has 0 aliphatic carbocycles. The van der Waals surface area contributed by atoms with E-state index in [1.54, 1.807) is 0 Å². The number of rotatable bonds is 1. The Kier molecular flexibility index (Phi) is 3.08. The molecule has 1 saturated heterocycles. The van der Waals surface area contributed by atoms with E-state index in [1.165, 1.54) is 18.2 Å². The van der Waals surface area contributed by atoms with Crippen LogP contribution in [0.25, 0.3) is 6.08 Å². The fraction of sp³-hybridized carbons (Fsp3) is 0.0909. The van der Waals surface area contributed by atoms with E-state index in [4.69, 9.17) is 12.2 Å². The number of amides is 1. The van der Waals surface area contributed by atoms with Crippen molar-refractivity contribution in [1.29, 1.82) is 0 Å². The molecule has 1 heterocycles. The first-order valence-corrected chi connectivity index (χ1v) is 5.28. The average molecular weight is 272 g/mol. The molecule has 1 aromatic carbocycles. The molecule has 2 N–H and O–H groups in total. The van der Waals surface area contributed by atoms with E-state index < -0.39 is 17.6 Å². The zero-order valence-corrected chi connectivity index (χ0v) is 9.65. The highest BCUT2D eigenvalue weighted by atomic mass is 32.1. The van der Waals surface area contributed by atoms with E-state index in [0.717, 1.165) is 12.1 Å². The van der Waals surface area contributed by atoms with E-state index in [-0.39, 0.29) is 16.4 Å². The highest BCUT2D eigenvalue weighted by Gasteiger charge is 2.30. The summed E-state index contributed by atoms with van der Waals surface area (Å²) >= 11 is 4.71. The number of carbonyl (C=O) groups excluding carboxylic acids is 1. The number of nitrogens with one attached hydrogen (secondary N) is 2. The minimum atomic E-state index is -4.41. The Hall–Kier alpha value is -1.89. The van der Waals surface area contributed by atoms with Gasteiger partial charge in [0.1, 0.15) is 5.70 Å². The summed E-state index contributed by atoms with van der Waals surface area (Å²) in [5.41, 5.74) is -0.371. The Balaban J connectivity index is 2.33. The summed E-state index contributed by atoms with van der Waals surface area (Å²) in [7, 11) is 0. The largest absolute Gasteiger partial charge is 0.416 e. The second kappa shape index (κ2) is 4.41. The molecule has 0 radical (unpaired) electrons. The van der Waals surface area contributed by atoms with Gasteiger partial charge in [-0.15, -0.1) is 0 Å². The number of halogens is 3. The zero-order valence-electron chi connectivity index (χ0n) is 8.84. The fourth-order valence-electron chi connectivity index (χ4n) is 1.45. The topological polar surface area (TPSA) is 41.1 Å². The van der Waals surface area contributed by atoms with E-state index >= 15 is 0 Å². The first kappa shape index (κ1) is 12.6. The summed E-state index contributed by atoms with van der Waals surface area (Å²) in [6, 6.07) is 4.68. The summed E-state index contributed by atoms with van der Waals surface area (Å²) in [5, 5.41) is 5.02. The van der Waals surface area contributed by atoms with Crippen molar-refractivity contribution in [3.63, 3.8) is 0 Å². The van der Waals surface area contributed by atoms with Crippen LogP contribution in [0.2, 0.25) is 0 Å². The van der Waals surface area contributed by atoms with Crippen molar-refractivity contribution in [1.82, 2.24) is 10.6 Å². The Morgan fingerprint density at radius 2 is 1.94 bits per heavy atom. The Bertz CT molecular complexity index is 551. The van der Waals surface area contributed by atoms with Gasteiger partial charge in [-0.2, -0.15) is 13.2 Å². The highest BCUT2D eigenvalue weighted by molar-refractivity contribution is 7.80. The third-order valence-electron chi connectivity index (χ3n) is 2.24. The lowest BCUT2D eigenvalue weighted by molar-refractivity contribution is -0.137. The molecular formula is C11H7F3N2OS. The molecule has 94 valence electrons. The number of benzene rings is 1. The van der Waals surface area contributed by atoms with Crippen molar-refractivity contribution in [2.75, 3.05) is 0 Å². The average Bonchev–Trinajstić information content (AvgIpc) is 2.56. The van der Waals surface area contributed by atoms with Gasteiger partial charge >= 0.3 is 6.18 Å². The van der Waals surface area contributed by atoms with Crippen LogP contribution in [0.3, 0.4) is 0 Å². The molecule has 3 nitrogen and oxygen atoms in total. The molecule has 1 fully saturated rings. The molecule has 7 heteroatoms. The maximum absolute atomic E-state index is 12.5. The van der Waals surface area contributed by atoms with Crippen LogP contribution >= 0.6 is 12.2 Å². The van der Waals surface area contributed by atoms with Gasteiger partial charge in [0.05, 0.1) is 5.56 Å². The molecule has 1 amide bonds. The van der Waals surface area contributed by atoms with Crippen LogP contribution < -0.4 is 10.6 Å². The van der Waals surface area contributed by atoms with Crippen LogP contribution in [-0.4, -0.2) is 11.0 Å². The summed E-state index contributed by atoms with van der Waals surface area (Å²) in [6.07, 6.45) is -3.10. The first-order valence-electron chi connectivity index (χ1n) is 4.87. The van der Waals surface area contributed by atoms with Gasteiger partial charge < -0.3 is 5.32 Å². The van der Waals surface area contributed by atoms with E-state index in [9.17, 15) is 18.0 Å². The van der Waals surface area contributed by atoms with Crippen LogP contribution in [0.15, 0.2) is 30.0 Å². The second-order valence-electron chi connectivity index (χ2n) is 3.59. The molecule has 0 saturated carbocycles. The minimum absolute atomic E-state index is 0.124. The quantitative estimate of drug-likeness (QED) is 0.607. The zero-order chi connectivity index (χ0) is 13.3. The molecule has 2 rings (SSSR count). The molecule has 1 aromatic rings. The summed E-state index contributed by atoms with van der Waals surface area (Å²) in [5.74, 6) is -0.461. The lowest BCUT2D eigenvalue weighted by Crippen LogP contribution is -2.21. The van der Waals surface area contributed by atoms with E-state index in [0.29, 0.717) is 0 Å². The SMILES string of the molecule is O=C1NC(=S)N/C1=C/c1cccc(C(F)(F)F)c1. The maximum Gasteiger partial charge on any atom is 0.416 e. The normalized spacial score (nSPS) is 17.8. The Morgan fingerprint density at radius 1 is 1.22 bits per heavy atom. The first-order chi connectivity index (χ1) is 8.36. The molecule has 0 spiro atoms. The molecular weight excluding hydrogens is 265 g/mol. The predicted molar refractivity (Wildman–Crippen MR) is 63.3 cm³/mol. The van der Waals surface area contributed by atoms with Crippen molar-refractivity contribution in [2.24, 2.45) is 0 Å². The number of hydrogen-bond acceptors (Lipinski definition) is 2. The van der Waals surface area contributed by atoms with E-state index in [1.807, 2.05) is 0 Å². The Morgan fingerprint density at radius 3 is 2.50 bits per heavy atom. The van der Waals surface area contributed by atoms with Gasteiger partial charge in [-0.25, -0.2) is 0 Å². The van der Waals surface area contributed by atoms with Crippen molar-refractivity contribution in [2.45, 2.75) is 6.18 Å². The standard InChI is InChI=1S/C11H7F3N2OS/c12-11(13,14)7-3-1-2-6(4-7)5-8-9(17)16-10(18)15-8/h1-5H,(H2,15,16,17,18)/b8-5+. The fourth-order valence-corrected chi connectivity index (χ4v) is 1.66. The maximum atomic E-state index is 12.5. The van der Waals surface area contributed by atoms with Crippen LogP contribution in [0.5, 0.6) is 0 Å². The van der Waals surface area contributed by atoms with Gasteiger partial charge in [-0.05, 0) is 36.0 Å². The molecule has 0 unspecified atom stereocenters. The van der Waals surface area contributed by atoms with Crippen molar-refractivity contribution >= 4 is 29.3 Å². The smallest absolute Gasteiger partial charge is 0.328 e. The number of hydrogen-bond donors (Lipinski definition) is 2. The highest BCUT2D eigenvalue weighted by Crippen LogP contribution is 2.29. The lowest BCUT2D eigenvalue weighted by Gasteiger charge is -2.06. The monoisotopic (exact) mass is 272 g/mol. The molecule has 0 atom stereocenters. The van der Waals surface area contributed by atoms with Gasteiger partial charge in [-0.1, -0.05) is 12.1 Å². The molecule has 0 aromatic heterocycles. The Labute approximate surface area is 106 Å². The third kappa shape index (κ3) is 2.67. The predicted octanol–water partition coefficient (Wildman–Crippen LogP) is 2.05. The van der Waals surface area contributed by atoms with Gasteiger partial charge in [0.25, 0.3) is 5.91 Å². The summed E-state index contributed by atoms with van der Waals surface area (Å²) in [6.45, 7) is 0. The van der Waals surface area contributed by atoms with Gasteiger partial charge in [0.2, 0.25) is 0 Å². The van der Waals surface area contributed by atoms with Crippen molar-refractivity contribution < 1.29 is 18.0 Å². The van der Waals surface area contributed by atoms with E-state index in [2.05, 4.69) is 10.6 Å². The molecule has 0 bridgehead atoms. The van der Waals surface area contributed by atoms with Crippen LogP contribution in [0, 0.1) is 0 Å². The second-order valence-corrected chi connectivity index (χ2v) is 4.00. The third-order valence-corrected chi connectivity index (χ3v) is 2.45. The van der Waals surface area contributed by atoms with Crippen LogP contribution in [0.4, 0.5) is 13.2 Å². The number of thiocarbonyl (C=S) groups is 1. The molecule has 1 aliphatic heterocycles.